The molecule has 0 aromatic carbocycles. The number of rotatable bonds is 3. The maximum absolute atomic E-state index is 10.3. The van der Waals surface area contributed by atoms with E-state index in [4.69, 9.17) is 0 Å². The van der Waals surface area contributed by atoms with Crippen LogP contribution in [0.3, 0.4) is 0 Å². The van der Waals surface area contributed by atoms with Gasteiger partial charge in [-0.15, -0.1) is 0 Å². The summed E-state index contributed by atoms with van der Waals surface area (Å²) in [5.41, 5.74) is 0. The van der Waals surface area contributed by atoms with Gasteiger partial charge in [-0.1, -0.05) is 15.9 Å². The Labute approximate surface area is 61.2 Å². The van der Waals surface area contributed by atoms with Gasteiger partial charge in [-0.25, -0.2) is 0 Å². The quantitative estimate of drug-likeness (QED) is 0.405. The Morgan fingerprint density at radius 3 is 2.00 bits per heavy atom. The molecule has 0 aromatic rings. The largest absolute Gasteiger partial charge is 0.290 e. The molecule has 0 radical (unpaired) electrons. The van der Waals surface area contributed by atoms with Gasteiger partial charge in [0, 0.05) is 0 Å². The molecule has 0 saturated heterocycles. The number of carbonyl (C=O) groups excluding carboxylic acids is 2. The van der Waals surface area contributed by atoms with Crippen LogP contribution in [-0.4, -0.2) is 22.6 Å². The molecule has 0 bridgehead atoms. The molecule has 0 N–H and O–H groups in total. The third-order valence-electron chi connectivity index (χ3n) is 0.576. The normalized spacial score (nSPS) is 8.75. The van der Waals surface area contributed by atoms with Crippen molar-refractivity contribution in [2.45, 2.75) is 0 Å². The molecule has 0 heterocycles. The number of thiol groups is 1. The number of Topliss-reactive ketones (excluding diaryl/α,β-unsaturated/α-hetero) is 2. The molecule has 0 atom stereocenters. The molecule has 0 fully saturated rings. The summed E-state index contributed by atoms with van der Waals surface area (Å²) < 4.78 is 0. The first kappa shape index (κ1) is 8.17. The van der Waals surface area contributed by atoms with Gasteiger partial charge in [0.05, 0.1) is 11.1 Å². The zero-order chi connectivity index (χ0) is 6.57. The predicted octanol–water partition coefficient (Wildman–Crippen LogP) is 0.449. The van der Waals surface area contributed by atoms with Gasteiger partial charge in [0.15, 0.2) is 0 Å². The Kier molecular flexibility index (Phi) is 4.18. The van der Waals surface area contributed by atoms with Crippen LogP contribution in [0.15, 0.2) is 0 Å². The van der Waals surface area contributed by atoms with E-state index >= 15 is 0 Å². The van der Waals surface area contributed by atoms with Crippen LogP contribution in [0.2, 0.25) is 0 Å². The molecule has 8 heavy (non-hydrogen) atoms. The smallest absolute Gasteiger partial charge is 0.209 e. The van der Waals surface area contributed by atoms with Gasteiger partial charge in [0.25, 0.3) is 0 Å². The van der Waals surface area contributed by atoms with Crippen molar-refractivity contribution < 1.29 is 9.59 Å². The highest BCUT2D eigenvalue weighted by Crippen LogP contribution is 1.86. The number of ketones is 2. The van der Waals surface area contributed by atoms with Crippen LogP contribution in [0.1, 0.15) is 0 Å². The Bertz CT molecular complexity index is 98.6. The van der Waals surface area contributed by atoms with Crippen molar-refractivity contribution in [3.05, 3.63) is 0 Å². The molecule has 0 aliphatic carbocycles. The highest BCUT2D eigenvalue weighted by Gasteiger charge is 2.07. The van der Waals surface area contributed by atoms with E-state index in [-0.39, 0.29) is 11.1 Å². The minimum atomic E-state index is -0.440. The molecule has 46 valence electrons. The molecule has 0 unspecified atom stereocenters. The predicted molar refractivity (Wildman–Crippen MR) is 37.7 cm³/mol. The van der Waals surface area contributed by atoms with Gasteiger partial charge in [-0.3, -0.25) is 9.59 Å². The molecular weight excluding hydrogens is 192 g/mol. The summed E-state index contributed by atoms with van der Waals surface area (Å²) >= 11 is 6.47. The van der Waals surface area contributed by atoms with Crippen LogP contribution in [0.4, 0.5) is 0 Å². The van der Waals surface area contributed by atoms with Crippen LogP contribution in [-0.2, 0) is 9.59 Å². The van der Waals surface area contributed by atoms with Crippen LogP contribution < -0.4 is 0 Å². The lowest BCUT2D eigenvalue weighted by Gasteiger charge is -1.86. The third kappa shape index (κ3) is 2.47. The second-order valence-electron chi connectivity index (χ2n) is 1.14. The minimum absolute atomic E-state index is 0.00440. The summed E-state index contributed by atoms with van der Waals surface area (Å²) in [6, 6.07) is 0. The third-order valence-corrected chi connectivity index (χ3v) is 1.37. The highest BCUT2D eigenvalue weighted by molar-refractivity contribution is 9.09. The van der Waals surface area contributed by atoms with Crippen molar-refractivity contribution in [3.63, 3.8) is 0 Å². The van der Waals surface area contributed by atoms with Crippen molar-refractivity contribution in [2.24, 2.45) is 0 Å². The second-order valence-corrected chi connectivity index (χ2v) is 2.02. The number of hydrogen-bond acceptors (Lipinski definition) is 3. The zero-order valence-electron chi connectivity index (χ0n) is 4.06. The Hall–Kier alpha value is 0.170. The fourth-order valence-corrected chi connectivity index (χ4v) is 0.652. The van der Waals surface area contributed by atoms with Gasteiger partial charge < -0.3 is 0 Å². The zero-order valence-corrected chi connectivity index (χ0v) is 6.54. The Morgan fingerprint density at radius 2 is 1.88 bits per heavy atom. The van der Waals surface area contributed by atoms with Crippen LogP contribution in [0, 0.1) is 0 Å². The van der Waals surface area contributed by atoms with Crippen LogP contribution >= 0.6 is 28.6 Å². The van der Waals surface area contributed by atoms with Gasteiger partial charge in [0.2, 0.25) is 11.6 Å². The molecule has 4 heteroatoms. The minimum Gasteiger partial charge on any atom is -0.290 e. The molecule has 0 aliphatic rings. The lowest BCUT2D eigenvalue weighted by atomic mass is 10.3. The summed E-state index contributed by atoms with van der Waals surface area (Å²) in [5.74, 6) is -0.852. The monoisotopic (exact) mass is 196 g/mol. The van der Waals surface area contributed by atoms with E-state index in [1.165, 1.54) is 0 Å². The first-order valence-electron chi connectivity index (χ1n) is 1.95. The van der Waals surface area contributed by atoms with Crippen LogP contribution in [0.25, 0.3) is 0 Å². The van der Waals surface area contributed by atoms with Crippen molar-refractivity contribution in [3.8, 4) is 0 Å². The summed E-state index contributed by atoms with van der Waals surface area (Å²) in [5, 5.41) is 0.104. The standard InChI is InChI=1S/C4H5BrO2S/c5-1-3(6)4(7)2-8/h8H,1-2H2. The number of alkyl halides is 1. The molecule has 0 amide bonds. The van der Waals surface area contributed by atoms with Gasteiger partial charge >= 0.3 is 0 Å². The first-order valence-corrected chi connectivity index (χ1v) is 3.70. The maximum atomic E-state index is 10.3. The SMILES string of the molecule is O=C(CS)C(=O)CBr. The van der Waals surface area contributed by atoms with Gasteiger partial charge in [-0.05, 0) is 0 Å². The molecule has 0 saturated carbocycles. The lowest BCUT2D eigenvalue weighted by molar-refractivity contribution is -0.133. The van der Waals surface area contributed by atoms with Crippen molar-refractivity contribution >= 4 is 40.1 Å². The van der Waals surface area contributed by atoms with E-state index in [1.807, 2.05) is 0 Å². The summed E-state index contributed by atoms with van der Waals surface area (Å²) in [7, 11) is 0. The molecule has 0 rings (SSSR count). The van der Waals surface area contributed by atoms with E-state index in [2.05, 4.69) is 28.6 Å². The number of halogens is 1. The topological polar surface area (TPSA) is 34.1 Å². The van der Waals surface area contributed by atoms with Crippen molar-refractivity contribution in [2.75, 3.05) is 11.1 Å². The van der Waals surface area contributed by atoms with E-state index < -0.39 is 11.6 Å². The average molecular weight is 197 g/mol. The van der Waals surface area contributed by atoms with E-state index in [0.29, 0.717) is 0 Å². The molecular formula is C4H5BrO2S. The summed E-state index contributed by atoms with van der Waals surface area (Å²) in [6.07, 6.45) is 0. The average Bonchev–Trinajstić information content (AvgIpc) is 1.84. The first-order chi connectivity index (χ1) is 3.72. The number of carbonyl (C=O) groups is 2. The van der Waals surface area contributed by atoms with Gasteiger partial charge in [0.1, 0.15) is 0 Å². The highest BCUT2D eigenvalue weighted by atomic mass is 79.9. The number of hydrogen-bond donors (Lipinski definition) is 1. The molecule has 0 aromatic heterocycles. The van der Waals surface area contributed by atoms with E-state index in [9.17, 15) is 9.59 Å². The van der Waals surface area contributed by atoms with Crippen molar-refractivity contribution in [1.29, 1.82) is 0 Å². The van der Waals surface area contributed by atoms with Crippen LogP contribution in [0.5, 0.6) is 0 Å². The van der Waals surface area contributed by atoms with E-state index in [0.717, 1.165) is 0 Å². The fraction of sp³-hybridized carbons (Fsp3) is 0.500. The summed E-state index contributed by atoms with van der Waals surface area (Å²) in [6.45, 7) is 0. The van der Waals surface area contributed by atoms with Gasteiger partial charge in [-0.2, -0.15) is 12.6 Å². The molecule has 2 nitrogen and oxygen atoms in total. The Balaban J connectivity index is 3.64. The fourth-order valence-electron chi connectivity index (χ4n) is 0.163. The summed E-state index contributed by atoms with van der Waals surface area (Å²) in [4.78, 5) is 20.6. The second kappa shape index (κ2) is 4.09. The maximum Gasteiger partial charge on any atom is 0.209 e. The lowest BCUT2D eigenvalue weighted by Crippen LogP contribution is -2.15. The molecule has 0 spiro atoms. The van der Waals surface area contributed by atoms with E-state index in [1.54, 1.807) is 0 Å². The van der Waals surface area contributed by atoms with Crippen molar-refractivity contribution in [1.82, 2.24) is 0 Å². The Morgan fingerprint density at radius 1 is 1.38 bits per heavy atom. The molecule has 0 aliphatic heterocycles.